The summed E-state index contributed by atoms with van der Waals surface area (Å²) in [6.45, 7) is 3.84. The third-order valence-corrected chi connectivity index (χ3v) is 4.57. The van der Waals surface area contributed by atoms with Crippen LogP contribution in [0.2, 0.25) is 0 Å². The van der Waals surface area contributed by atoms with Crippen molar-refractivity contribution in [1.82, 2.24) is 5.32 Å². The number of rotatable bonds is 6. The third kappa shape index (κ3) is 5.40. The largest absolute Gasteiger partial charge is 0.348 e. The highest BCUT2D eigenvalue weighted by Gasteiger charge is 2.10. The third-order valence-electron chi connectivity index (χ3n) is 3.64. The van der Waals surface area contributed by atoms with Gasteiger partial charge in [0.05, 0.1) is 4.90 Å². The van der Waals surface area contributed by atoms with Gasteiger partial charge in [0.15, 0.2) is 0 Å². The lowest BCUT2D eigenvalue weighted by Gasteiger charge is -2.09. The SMILES string of the molecule is CC(C)C(=O)Nc1ccc(C(=O)NCc2ccc(S(N)(=O)=O)cc2)cc1. The molecule has 0 bridgehead atoms. The van der Waals surface area contributed by atoms with E-state index in [1.165, 1.54) is 12.1 Å². The van der Waals surface area contributed by atoms with Crippen LogP contribution in [-0.2, 0) is 21.4 Å². The average Bonchev–Trinajstić information content (AvgIpc) is 2.59. The van der Waals surface area contributed by atoms with Gasteiger partial charge in [-0.05, 0) is 42.0 Å². The highest BCUT2D eigenvalue weighted by atomic mass is 32.2. The van der Waals surface area contributed by atoms with Crippen LogP contribution in [0.4, 0.5) is 5.69 Å². The minimum Gasteiger partial charge on any atom is -0.348 e. The predicted octanol–water partition coefficient (Wildman–Crippen LogP) is 1.86. The molecule has 0 heterocycles. The second-order valence-electron chi connectivity index (χ2n) is 6.09. The van der Waals surface area contributed by atoms with Gasteiger partial charge in [-0.1, -0.05) is 26.0 Å². The fraction of sp³-hybridized carbons (Fsp3) is 0.222. The molecule has 138 valence electrons. The van der Waals surface area contributed by atoms with E-state index in [1.807, 2.05) is 0 Å². The Bertz CT molecular complexity index is 889. The second-order valence-corrected chi connectivity index (χ2v) is 7.65. The summed E-state index contributed by atoms with van der Waals surface area (Å²) in [6, 6.07) is 12.5. The molecule has 0 atom stereocenters. The first-order valence-electron chi connectivity index (χ1n) is 7.97. The lowest BCUT2D eigenvalue weighted by molar-refractivity contribution is -0.118. The molecular weight excluding hydrogens is 354 g/mol. The monoisotopic (exact) mass is 375 g/mol. The molecule has 0 fully saturated rings. The van der Waals surface area contributed by atoms with Crippen molar-refractivity contribution in [3.8, 4) is 0 Å². The summed E-state index contributed by atoms with van der Waals surface area (Å²) in [4.78, 5) is 23.8. The maximum Gasteiger partial charge on any atom is 0.251 e. The molecule has 2 amide bonds. The Morgan fingerprint density at radius 1 is 1.00 bits per heavy atom. The zero-order chi connectivity index (χ0) is 19.3. The van der Waals surface area contributed by atoms with Crippen molar-refractivity contribution in [2.45, 2.75) is 25.3 Å². The molecule has 7 nitrogen and oxygen atoms in total. The van der Waals surface area contributed by atoms with Crippen LogP contribution in [0, 0.1) is 5.92 Å². The van der Waals surface area contributed by atoms with Crippen molar-refractivity contribution in [2.24, 2.45) is 11.1 Å². The number of benzene rings is 2. The van der Waals surface area contributed by atoms with Crippen LogP contribution in [0.5, 0.6) is 0 Å². The van der Waals surface area contributed by atoms with Crippen LogP contribution in [0.1, 0.15) is 29.8 Å². The summed E-state index contributed by atoms with van der Waals surface area (Å²) in [5.74, 6) is -0.494. The van der Waals surface area contributed by atoms with Gasteiger partial charge in [-0.25, -0.2) is 13.6 Å². The highest BCUT2D eigenvalue weighted by Crippen LogP contribution is 2.12. The van der Waals surface area contributed by atoms with Gasteiger partial charge < -0.3 is 10.6 Å². The molecule has 0 aliphatic heterocycles. The Hall–Kier alpha value is -2.71. The van der Waals surface area contributed by atoms with Gasteiger partial charge in [0.1, 0.15) is 0 Å². The fourth-order valence-corrected chi connectivity index (χ4v) is 2.59. The van der Waals surface area contributed by atoms with Crippen LogP contribution in [0.15, 0.2) is 53.4 Å². The van der Waals surface area contributed by atoms with Crippen LogP contribution < -0.4 is 15.8 Å². The normalized spacial score (nSPS) is 11.2. The summed E-state index contributed by atoms with van der Waals surface area (Å²) in [5.41, 5.74) is 1.82. The van der Waals surface area contributed by atoms with Crippen LogP contribution in [-0.4, -0.2) is 20.2 Å². The number of hydrogen-bond acceptors (Lipinski definition) is 4. The number of carbonyl (C=O) groups is 2. The van der Waals surface area contributed by atoms with Crippen molar-refractivity contribution >= 4 is 27.5 Å². The number of nitrogens with one attached hydrogen (secondary N) is 2. The Balaban J connectivity index is 1.94. The number of hydrogen-bond donors (Lipinski definition) is 3. The summed E-state index contributed by atoms with van der Waals surface area (Å²) in [5, 5.41) is 10.5. The first-order valence-corrected chi connectivity index (χ1v) is 9.52. The molecule has 26 heavy (non-hydrogen) atoms. The molecule has 8 heteroatoms. The molecule has 0 saturated heterocycles. The van der Waals surface area contributed by atoms with Crippen molar-refractivity contribution in [2.75, 3.05) is 5.32 Å². The van der Waals surface area contributed by atoms with Crippen LogP contribution in [0.3, 0.4) is 0 Å². The molecule has 0 aliphatic rings. The predicted molar refractivity (Wildman–Crippen MR) is 98.9 cm³/mol. The standard InChI is InChI=1S/C18H21N3O4S/c1-12(2)17(22)21-15-7-5-14(6-8-15)18(23)20-11-13-3-9-16(10-4-13)26(19,24)25/h3-10,12H,11H2,1-2H3,(H,20,23)(H,21,22)(H2,19,24,25). The molecule has 2 rings (SSSR count). The summed E-state index contributed by atoms with van der Waals surface area (Å²) < 4.78 is 22.4. The first-order chi connectivity index (χ1) is 12.2. The number of sulfonamides is 1. The number of amides is 2. The molecule has 0 aliphatic carbocycles. The lowest BCUT2D eigenvalue weighted by Crippen LogP contribution is -2.23. The minimum absolute atomic E-state index is 0.0200. The maximum absolute atomic E-state index is 12.2. The van der Waals surface area contributed by atoms with Crippen molar-refractivity contribution in [3.63, 3.8) is 0 Å². The fourth-order valence-electron chi connectivity index (χ4n) is 2.07. The number of anilines is 1. The van der Waals surface area contributed by atoms with Crippen LogP contribution >= 0.6 is 0 Å². The molecular formula is C18H21N3O4S. The van der Waals surface area contributed by atoms with Gasteiger partial charge in [0.25, 0.3) is 5.91 Å². The van der Waals surface area contributed by atoms with E-state index in [0.717, 1.165) is 5.56 Å². The van der Waals surface area contributed by atoms with E-state index in [2.05, 4.69) is 10.6 Å². The minimum atomic E-state index is -3.73. The summed E-state index contributed by atoms with van der Waals surface area (Å²) in [6.07, 6.45) is 0. The zero-order valence-electron chi connectivity index (χ0n) is 14.5. The van der Waals surface area contributed by atoms with E-state index in [4.69, 9.17) is 5.14 Å². The Labute approximate surface area is 152 Å². The van der Waals surface area contributed by atoms with E-state index in [0.29, 0.717) is 11.3 Å². The highest BCUT2D eigenvalue weighted by molar-refractivity contribution is 7.89. The molecule has 0 spiro atoms. The van der Waals surface area contributed by atoms with Gasteiger partial charge >= 0.3 is 0 Å². The molecule has 0 radical (unpaired) electrons. The second kappa shape index (κ2) is 8.11. The smallest absolute Gasteiger partial charge is 0.251 e. The molecule has 0 aromatic heterocycles. The molecule has 2 aromatic rings. The Morgan fingerprint density at radius 2 is 1.58 bits per heavy atom. The van der Waals surface area contributed by atoms with Gasteiger partial charge in [-0.3, -0.25) is 9.59 Å². The zero-order valence-corrected chi connectivity index (χ0v) is 15.3. The molecule has 0 saturated carbocycles. The van der Waals surface area contributed by atoms with Crippen LogP contribution in [0.25, 0.3) is 0 Å². The van der Waals surface area contributed by atoms with Gasteiger partial charge in [0.2, 0.25) is 15.9 Å². The maximum atomic E-state index is 12.2. The summed E-state index contributed by atoms with van der Waals surface area (Å²) >= 11 is 0. The molecule has 0 unspecified atom stereocenters. The molecule has 2 aromatic carbocycles. The first kappa shape index (κ1) is 19.6. The average molecular weight is 375 g/mol. The van der Waals surface area contributed by atoms with E-state index in [9.17, 15) is 18.0 Å². The van der Waals surface area contributed by atoms with Gasteiger partial charge in [-0.2, -0.15) is 0 Å². The lowest BCUT2D eigenvalue weighted by atomic mass is 10.1. The van der Waals surface area contributed by atoms with Crippen molar-refractivity contribution in [3.05, 3.63) is 59.7 Å². The van der Waals surface area contributed by atoms with Crippen molar-refractivity contribution in [1.29, 1.82) is 0 Å². The number of carbonyl (C=O) groups excluding carboxylic acids is 2. The van der Waals surface area contributed by atoms with E-state index in [1.54, 1.807) is 50.2 Å². The van der Waals surface area contributed by atoms with Crippen molar-refractivity contribution < 1.29 is 18.0 Å². The Morgan fingerprint density at radius 3 is 2.08 bits per heavy atom. The van der Waals surface area contributed by atoms with E-state index in [-0.39, 0.29) is 29.2 Å². The molecule has 4 N–H and O–H groups in total. The van der Waals surface area contributed by atoms with E-state index < -0.39 is 10.0 Å². The summed E-state index contributed by atoms with van der Waals surface area (Å²) in [7, 11) is -3.73. The van der Waals surface area contributed by atoms with E-state index >= 15 is 0 Å². The Kier molecular flexibility index (Phi) is 6.12. The van der Waals surface area contributed by atoms with Gasteiger partial charge in [0, 0.05) is 23.7 Å². The number of nitrogens with two attached hydrogens (primary N) is 1. The topological polar surface area (TPSA) is 118 Å². The van der Waals surface area contributed by atoms with Gasteiger partial charge in [-0.15, -0.1) is 0 Å². The quantitative estimate of drug-likeness (QED) is 0.714. The number of primary sulfonamides is 1.